The first-order valence-electron chi connectivity index (χ1n) is 36.0. The number of aliphatic carboxylic acids is 1. The van der Waals surface area contributed by atoms with Gasteiger partial charge in [0.05, 0.1) is 40.3 Å². The number of carbonyl (C=O) groups excluding carboxylic acids is 3. The van der Waals surface area contributed by atoms with Crippen LogP contribution in [-0.2, 0) is 33.3 Å². The lowest BCUT2D eigenvalue weighted by Gasteiger charge is -2.26. The molecule has 0 aromatic heterocycles. The number of hydrogen-bond acceptors (Lipinski definition) is 8. The SMILES string of the molecule is CC/C=C\C/C=C\C/C=C\C/C=C\C/C=C\C/C=C\C/C=C\C/C=C\CCCCCCCCCCCCC(=O)OC(COC(=O)CCCCCCCCCCCCCCCCCC/C=C\C/C=C\C/C=C\C/C=C\CC)COC(OCC[N+](C)(C)C)C(=O)[O-]. The summed E-state index contributed by atoms with van der Waals surface area (Å²) < 4.78 is 22.8. The van der Waals surface area contributed by atoms with Gasteiger partial charge >= 0.3 is 11.9 Å². The molecule has 0 N–H and O–H groups in total. The van der Waals surface area contributed by atoms with Gasteiger partial charge in [0.2, 0.25) is 0 Å². The van der Waals surface area contributed by atoms with Crippen LogP contribution in [0.1, 0.15) is 284 Å². The maximum atomic E-state index is 12.9. The second-order valence-electron chi connectivity index (χ2n) is 24.8. The highest BCUT2D eigenvalue weighted by atomic mass is 16.7. The van der Waals surface area contributed by atoms with E-state index in [1.54, 1.807) is 0 Å². The van der Waals surface area contributed by atoms with Crippen LogP contribution in [0.4, 0.5) is 0 Å². The molecule has 0 aliphatic rings. The molecule has 0 fully saturated rings. The Morgan fingerprint density at radius 1 is 0.337 bits per heavy atom. The number of hydrogen-bond donors (Lipinski definition) is 0. The summed E-state index contributed by atoms with van der Waals surface area (Å²) in [4.78, 5) is 37.5. The van der Waals surface area contributed by atoms with Gasteiger partial charge in [0, 0.05) is 12.8 Å². The topological polar surface area (TPSA) is 111 Å². The minimum Gasteiger partial charge on any atom is -0.545 e. The number of carboxylic acids is 1. The normalized spacial score (nSPS) is 13.6. The van der Waals surface area contributed by atoms with Crippen molar-refractivity contribution in [3.8, 4) is 0 Å². The number of nitrogens with zero attached hydrogens (tertiary/aromatic N) is 1. The van der Waals surface area contributed by atoms with Gasteiger partial charge in [-0.15, -0.1) is 0 Å². The van der Waals surface area contributed by atoms with Crippen molar-refractivity contribution in [1.82, 2.24) is 0 Å². The number of carbonyl (C=O) groups is 3. The van der Waals surface area contributed by atoms with E-state index in [0.717, 1.165) is 122 Å². The lowest BCUT2D eigenvalue weighted by atomic mass is 10.0. The second-order valence-corrected chi connectivity index (χ2v) is 24.8. The maximum Gasteiger partial charge on any atom is 0.306 e. The van der Waals surface area contributed by atoms with Gasteiger partial charge in [-0.1, -0.05) is 301 Å². The summed E-state index contributed by atoms with van der Waals surface area (Å²) in [6, 6.07) is 0. The molecule has 0 radical (unpaired) electrons. The Bertz CT molecular complexity index is 1970. The summed E-state index contributed by atoms with van der Waals surface area (Å²) in [7, 11) is 5.93. The zero-order valence-electron chi connectivity index (χ0n) is 57.8. The van der Waals surface area contributed by atoms with Crippen LogP contribution in [0.15, 0.2) is 146 Å². The summed E-state index contributed by atoms with van der Waals surface area (Å²) in [5.74, 6) is -2.29. The van der Waals surface area contributed by atoms with Crippen LogP contribution < -0.4 is 5.11 Å². The minimum absolute atomic E-state index is 0.141. The third-order valence-electron chi connectivity index (χ3n) is 15.1. The number of esters is 2. The summed E-state index contributed by atoms with van der Waals surface area (Å²) in [5.41, 5.74) is 0. The molecule has 9 heteroatoms. The molecule has 0 aliphatic carbocycles. The van der Waals surface area contributed by atoms with Crippen LogP contribution in [0.2, 0.25) is 0 Å². The number of unbranched alkanes of at least 4 members (excludes halogenated alkanes) is 26. The molecule has 0 aromatic rings. The fraction of sp³-hybridized carbons (Fsp3) is 0.662. The minimum atomic E-state index is -1.63. The van der Waals surface area contributed by atoms with E-state index >= 15 is 0 Å². The number of allylic oxidation sites excluding steroid dienone is 24. The van der Waals surface area contributed by atoms with Crippen LogP contribution in [0.3, 0.4) is 0 Å². The molecule has 2 atom stereocenters. The van der Waals surface area contributed by atoms with E-state index in [4.69, 9.17) is 18.9 Å². The summed E-state index contributed by atoms with van der Waals surface area (Å²) >= 11 is 0. The largest absolute Gasteiger partial charge is 0.545 e. The average Bonchev–Trinajstić information content (AvgIpc) is 3.64. The molecular weight excluding hydrogens is 1100 g/mol. The number of ether oxygens (including phenoxy) is 4. The molecule has 506 valence electrons. The van der Waals surface area contributed by atoms with E-state index in [9.17, 15) is 19.5 Å². The molecule has 0 rings (SSSR count). The van der Waals surface area contributed by atoms with E-state index in [2.05, 4.69) is 160 Å². The van der Waals surface area contributed by atoms with Crippen LogP contribution >= 0.6 is 0 Å². The van der Waals surface area contributed by atoms with E-state index in [1.807, 2.05) is 21.1 Å². The van der Waals surface area contributed by atoms with Crippen molar-refractivity contribution in [3.05, 3.63) is 146 Å². The van der Waals surface area contributed by atoms with Crippen LogP contribution in [0, 0.1) is 0 Å². The van der Waals surface area contributed by atoms with Gasteiger partial charge in [-0.2, -0.15) is 0 Å². The second kappa shape index (κ2) is 69.1. The van der Waals surface area contributed by atoms with E-state index in [1.165, 1.54) is 128 Å². The van der Waals surface area contributed by atoms with Crippen LogP contribution in [-0.4, -0.2) is 82.3 Å². The lowest BCUT2D eigenvalue weighted by molar-refractivity contribution is -0.870. The van der Waals surface area contributed by atoms with Gasteiger partial charge < -0.3 is 33.3 Å². The van der Waals surface area contributed by atoms with Gasteiger partial charge in [-0.05, 0) is 116 Å². The predicted molar refractivity (Wildman–Crippen MR) is 379 cm³/mol. The number of carboxylic acid groups (broad SMARTS) is 1. The molecule has 0 amide bonds. The molecule has 9 nitrogen and oxygen atoms in total. The third-order valence-corrected chi connectivity index (χ3v) is 15.1. The Kier molecular flexibility index (Phi) is 65.3. The predicted octanol–water partition coefficient (Wildman–Crippen LogP) is 21.4. The Hall–Kier alpha value is -4.83. The summed E-state index contributed by atoms with van der Waals surface area (Å²) in [5, 5.41) is 11.8. The first-order valence-corrected chi connectivity index (χ1v) is 36.0. The highest BCUT2D eigenvalue weighted by Crippen LogP contribution is 2.17. The standard InChI is InChI=1S/C80H133NO8/c1-6-8-10-12-14-16-18-20-22-24-26-28-30-32-34-36-37-38-39-40-41-43-45-47-49-51-53-55-57-59-61-63-65-67-69-71-78(83)89-76(75-88-80(79(84)85)86-73-72-81(3,4)5)74-87-77(82)70-68-66-64-62-60-58-56-54-52-50-48-46-44-42-35-33-31-29-27-25-23-21-19-17-15-13-11-9-7-2/h8-11,14-17,20-23,26-29,32,34,37-38,40-41,45,47,76,80H,6-7,12-13,18-19,24-25,30-31,33,35-36,39,42-44,46,48-75H2,1-5H3/b10-8-,11-9-,16-14-,17-15-,22-20-,23-21-,28-26-,29-27-,34-32-,38-37-,41-40-,47-45-. The smallest absolute Gasteiger partial charge is 0.306 e. The van der Waals surface area contributed by atoms with Gasteiger partial charge in [0.15, 0.2) is 12.4 Å². The van der Waals surface area contributed by atoms with Gasteiger partial charge in [0.1, 0.15) is 13.2 Å². The molecule has 89 heavy (non-hydrogen) atoms. The van der Waals surface area contributed by atoms with Crippen molar-refractivity contribution >= 4 is 17.9 Å². The van der Waals surface area contributed by atoms with E-state index < -0.39 is 24.3 Å². The highest BCUT2D eigenvalue weighted by Gasteiger charge is 2.22. The zero-order chi connectivity index (χ0) is 64.7. The molecule has 0 aliphatic heterocycles. The first kappa shape index (κ1) is 84.2. The maximum absolute atomic E-state index is 12.9. The molecule has 0 aromatic carbocycles. The number of quaternary nitrogens is 1. The molecule has 0 spiro atoms. The lowest BCUT2D eigenvalue weighted by Crippen LogP contribution is -2.44. The molecule has 0 heterocycles. The van der Waals surface area contributed by atoms with Gasteiger partial charge in [-0.3, -0.25) is 9.59 Å². The van der Waals surface area contributed by atoms with E-state index in [-0.39, 0.29) is 38.6 Å². The molecule has 0 saturated heterocycles. The van der Waals surface area contributed by atoms with Crippen molar-refractivity contribution in [2.24, 2.45) is 0 Å². The molecule has 0 bridgehead atoms. The van der Waals surface area contributed by atoms with E-state index in [0.29, 0.717) is 17.4 Å². The Morgan fingerprint density at radius 2 is 0.607 bits per heavy atom. The first-order chi connectivity index (χ1) is 43.6. The summed E-state index contributed by atoms with van der Waals surface area (Å²) in [6.45, 7) is 4.53. The Morgan fingerprint density at radius 3 is 0.899 bits per heavy atom. The summed E-state index contributed by atoms with van der Waals surface area (Å²) in [6.07, 6.45) is 97.8. The van der Waals surface area contributed by atoms with Crippen molar-refractivity contribution in [2.45, 2.75) is 296 Å². The van der Waals surface area contributed by atoms with Crippen molar-refractivity contribution in [2.75, 3.05) is 47.5 Å². The molecule has 2 unspecified atom stereocenters. The molecule has 0 saturated carbocycles. The van der Waals surface area contributed by atoms with Crippen molar-refractivity contribution in [3.63, 3.8) is 0 Å². The van der Waals surface area contributed by atoms with Gasteiger partial charge in [-0.25, -0.2) is 0 Å². The number of rotatable bonds is 65. The fourth-order valence-corrected chi connectivity index (χ4v) is 9.66. The number of likely N-dealkylation sites (N-methyl/N-ethyl adjacent to an activating group) is 1. The van der Waals surface area contributed by atoms with Crippen molar-refractivity contribution < 1.29 is 42.9 Å². The monoisotopic (exact) mass is 1240 g/mol. The van der Waals surface area contributed by atoms with Crippen molar-refractivity contribution in [1.29, 1.82) is 0 Å². The van der Waals surface area contributed by atoms with Gasteiger partial charge in [0.25, 0.3) is 0 Å². The Balaban J connectivity index is 4.15. The fourth-order valence-electron chi connectivity index (χ4n) is 9.66. The highest BCUT2D eigenvalue weighted by molar-refractivity contribution is 5.70. The quantitative estimate of drug-likeness (QED) is 0.0195. The average molecular weight is 1240 g/mol. The Labute approximate surface area is 547 Å². The molecular formula is C80H133NO8. The zero-order valence-corrected chi connectivity index (χ0v) is 57.8. The van der Waals surface area contributed by atoms with Crippen LogP contribution in [0.5, 0.6) is 0 Å². The third kappa shape index (κ3) is 70.5. The van der Waals surface area contributed by atoms with Crippen LogP contribution in [0.25, 0.3) is 0 Å².